The summed E-state index contributed by atoms with van der Waals surface area (Å²) in [6, 6.07) is 13.6. The highest BCUT2D eigenvalue weighted by Crippen LogP contribution is 2.19. The van der Waals surface area contributed by atoms with Crippen LogP contribution in [0.25, 0.3) is 0 Å². The minimum absolute atomic E-state index is 0.0908. The molecule has 0 saturated carbocycles. The molecule has 17 heavy (non-hydrogen) atoms. The van der Waals surface area contributed by atoms with Crippen LogP contribution in [0.4, 0.5) is 5.69 Å². The molecule has 1 aromatic carbocycles. The largest absolute Gasteiger partial charge is 0.308 e. The molecule has 0 unspecified atom stereocenters. The van der Waals surface area contributed by atoms with E-state index in [4.69, 9.17) is 0 Å². The predicted octanol–water partition coefficient (Wildman–Crippen LogP) is 3.80. The minimum atomic E-state index is 0.0908. The molecule has 3 heteroatoms. The molecular weight excluding hydrogens is 230 g/mol. The second-order valence-electron chi connectivity index (χ2n) is 3.77. The maximum atomic E-state index is 12.3. The Bertz CT molecular complexity index is 464. The average molecular weight is 245 g/mol. The molecule has 0 bridgehead atoms. The van der Waals surface area contributed by atoms with E-state index in [1.807, 2.05) is 52.7 Å². The minimum Gasteiger partial charge on any atom is -0.308 e. The fraction of sp³-hybridized carbons (Fsp3) is 0.214. The van der Waals surface area contributed by atoms with E-state index in [0.717, 1.165) is 23.5 Å². The van der Waals surface area contributed by atoms with Gasteiger partial charge >= 0.3 is 0 Å². The first-order chi connectivity index (χ1) is 8.33. The van der Waals surface area contributed by atoms with Crippen LogP contribution in [0.5, 0.6) is 0 Å². The summed E-state index contributed by atoms with van der Waals surface area (Å²) in [5.41, 5.74) is 0.966. The van der Waals surface area contributed by atoms with Crippen LogP contribution in [0.2, 0.25) is 0 Å². The monoisotopic (exact) mass is 245 g/mol. The zero-order chi connectivity index (χ0) is 12.1. The first-order valence-corrected chi connectivity index (χ1v) is 6.61. The maximum Gasteiger partial charge on any atom is 0.268 e. The van der Waals surface area contributed by atoms with Crippen LogP contribution in [0.1, 0.15) is 23.0 Å². The topological polar surface area (TPSA) is 20.3 Å². The van der Waals surface area contributed by atoms with E-state index in [2.05, 4.69) is 6.92 Å². The van der Waals surface area contributed by atoms with Crippen LogP contribution >= 0.6 is 11.3 Å². The van der Waals surface area contributed by atoms with E-state index in [1.54, 1.807) is 0 Å². The van der Waals surface area contributed by atoms with Gasteiger partial charge in [-0.15, -0.1) is 11.3 Å². The van der Waals surface area contributed by atoms with Gasteiger partial charge in [0, 0.05) is 12.2 Å². The van der Waals surface area contributed by atoms with Crippen molar-refractivity contribution >= 4 is 22.9 Å². The van der Waals surface area contributed by atoms with Gasteiger partial charge in [-0.2, -0.15) is 0 Å². The molecule has 1 amide bonds. The first kappa shape index (κ1) is 11.9. The highest BCUT2D eigenvalue weighted by Gasteiger charge is 2.17. The Morgan fingerprint density at radius 3 is 2.53 bits per heavy atom. The van der Waals surface area contributed by atoms with Crippen molar-refractivity contribution in [2.45, 2.75) is 13.3 Å². The fourth-order valence-corrected chi connectivity index (χ4v) is 2.38. The number of amides is 1. The van der Waals surface area contributed by atoms with Gasteiger partial charge in [-0.25, -0.2) is 0 Å². The number of hydrogen-bond donors (Lipinski definition) is 0. The fourth-order valence-electron chi connectivity index (χ4n) is 1.71. The quantitative estimate of drug-likeness (QED) is 0.802. The molecule has 0 N–H and O–H groups in total. The van der Waals surface area contributed by atoms with Gasteiger partial charge in [0.25, 0.3) is 5.91 Å². The van der Waals surface area contributed by atoms with Crippen LogP contribution in [-0.2, 0) is 0 Å². The molecule has 2 rings (SSSR count). The van der Waals surface area contributed by atoms with Gasteiger partial charge in [0.2, 0.25) is 0 Å². The summed E-state index contributed by atoms with van der Waals surface area (Å²) in [4.78, 5) is 15.0. The lowest BCUT2D eigenvalue weighted by molar-refractivity contribution is 0.0991. The van der Waals surface area contributed by atoms with Gasteiger partial charge in [-0.05, 0) is 30.0 Å². The summed E-state index contributed by atoms with van der Waals surface area (Å²) in [6.45, 7) is 2.83. The molecule has 88 valence electrons. The molecule has 0 aliphatic rings. The van der Waals surface area contributed by atoms with Crippen molar-refractivity contribution in [3.63, 3.8) is 0 Å². The first-order valence-electron chi connectivity index (χ1n) is 5.73. The molecule has 0 atom stereocenters. The van der Waals surface area contributed by atoms with Gasteiger partial charge in [0.15, 0.2) is 0 Å². The Kier molecular flexibility index (Phi) is 3.94. The number of nitrogens with zero attached hydrogens (tertiary/aromatic N) is 1. The summed E-state index contributed by atoms with van der Waals surface area (Å²) >= 11 is 1.49. The SMILES string of the molecule is CCCN(C(=O)c1cccs1)c1ccccc1. The molecule has 0 radical (unpaired) electrons. The Morgan fingerprint density at radius 2 is 1.94 bits per heavy atom. The van der Waals surface area contributed by atoms with Crippen molar-refractivity contribution in [3.05, 3.63) is 52.7 Å². The Labute approximate surface area is 106 Å². The van der Waals surface area contributed by atoms with Gasteiger partial charge in [-0.3, -0.25) is 4.79 Å². The lowest BCUT2D eigenvalue weighted by Crippen LogP contribution is -2.30. The van der Waals surface area contributed by atoms with E-state index in [9.17, 15) is 4.79 Å². The second kappa shape index (κ2) is 5.64. The van der Waals surface area contributed by atoms with Crippen molar-refractivity contribution < 1.29 is 4.79 Å². The van der Waals surface area contributed by atoms with Gasteiger partial charge in [-0.1, -0.05) is 31.2 Å². The summed E-state index contributed by atoms with van der Waals surface area (Å²) in [5, 5.41) is 1.93. The van der Waals surface area contributed by atoms with Crippen LogP contribution in [0.3, 0.4) is 0 Å². The van der Waals surface area contributed by atoms with E-state index in [-0.39, 0.29) is 5.91 Å². The molecule has 1 heterocycles. The van der Waals surface area contributed by atoms with Gasteiger partial charge < -0.3 is 4.90 Å². The third-order valence-electron chi connectivity index (χ3n) is 2.49. The summed E-state index contributed by atoms with van der Waals surface area (Å²) in [5.74, 6) is 0.0908. The van der Waals surface area contributed by atoms with Gasteiger partial charge in [0.1, 0.15) is 0 Å². The summed E-state index contributed by atoms with van der Waals surface area (Å²) < 4.78 is 0. The number of hydrogen-bond acceptors (Lipinski definition) is 2. The highest BCUT2D eigenvalue weighted by atomic mass is 32.1. The molecule has 2 aromatic rings. The molecular formula is C14H15NOS. The number of thiophene rings is 1. The standard InChI is InChI=1S/C14H15NOS/c1-2-10-15(12-7-4-3-5-8-12)14(16)13-9-6-11-17-13/h3-9,11H,2,10H2,1H3. The number of carbonyl (C=O) groups excluding carboxylic acids is 1. The smallest absolute Gasteiger partial charge is 0.268 e. The van der Waals surface area contributed by atoms with Crippen molar-refractivity contribution in [3.8, 4) is 0 Å². The predicted molar refractivity (Wildman–Crippen MR) is 72.7 cm³/mol. The second-order valence-corrected chi connectivity index (χ2v) is 4.72. The maximum absolute atomic E-state index is 12.3. The summed E-state index contributed by atoms with van der Waals surface area (Å²) in [6.07, 6.45) is 0.950. The molecule has 2 nitrogen and oxygen atoms in total. The molecule has 0 saturated heterocycles. The number of rotatable bonds is 4. The number of para-hydroxylation sites is 1. The van der Waals surface area contributed by atoms with Crippen LogP contribution in [0, 0.1) is 0 Å². The van der Waals surface area contributed by atoms with Crippen molar-refractivity contribution in [2.75, 3.05) is 11.4 Å². The molecule has 0 aliphatic heterocycles. The number of benzene rings is 1. The lowest BCUT2D eigenvalue weighted by Gasteiger charge is -2.21. The van der Waals surface area contributed by atoms with Crippen LogP contribution < -0.4 is 4.90 Å². The van der Waals surface area contributed by atoms with Crippen molar-refractivity contribution in [2.24, 2.45) is 0 Å². The molecule has 0 fully saturated rings. The van der Waals surface area contributed by atoms with Crippen molar-refractivity contribution in [1.82, 2.24) is 0 Å². The highest BCUT2D eigenvalue weighted by molar-refractivity contribution is 7.12. The number of anilines is 1. The third-order valence-corrected chi connectivity index (χ3v) is 3.35. The van der Waals surface area contributed by atoms with Crippen molar-refractivity contribution in [1.29, 1.82) is 0 Å². The average Bonchev–Trinajstić information content (AvgIpc) is 2.90. The Hall–Kier alpha value is -1.61. The summed E-state index contributed by atoms with van der Waals surface area (Å²) in [7, 11) is 0. The molecule has 0 aliphatic carbocycles. The Balaban J connectivity index is 2.27. The Morgan fingerprint density at radius 1 is 1.18 bits per heavy atom. The van der Waals surface area contributed by atoms with E-state index in [0.29, 0.717) is 0 Å². The van der Waals surface area contributed by atoms with Gasteiger partial charge in [0.05, 0.1) is 4.88 Å². The van der Waals surface area contributed by atoms with Crippen LogP contribution in [0.15, 0.2) is 47.8 Å². The van der Waals surface area contributed by atoms with E-state index in [1.165, 1.54) is 11.3 Å². The zero-order valence-corrected chi connectivity index (χ0v) is 10.6. The lowest BCUT2D eigenvalue weighted by atomic mass is 10.2. The molecule has 1 aromatic heterocycles. The zero-order valence-electron chi connectivity index (χ0n) is 9.80. The third kappa shape index (κ3) is 2.74. The molecule has 0 spiro atoms. The normalized spacial score (nSPS) is 10.2. The van der Waals surface area contributed by atoms with E-state index >= 15 is 0 Å². The van der Waals surface area contributed by atoms with E-state index < -0.39 is 0 Å². The van der Waals surface area contributed by atoms with Crippen LogP contribution in [-0.4, -0.2) is 12.5 Å². The number of carbonyl (C=O) groups is 1.